The molecule has 1 N–H and O–H groups in total. The smallest absolute Gasteiger partial charge is 0.371 e. The minimum Gasteiger partial charge on any atom is -0.489 e. The van der Waals surface area contributed by atoms with Crippen molar-refractivity contribution in [3.63, 3.8) is 0 Å². The third-order valence-corrected chi connectivity index (χ3v) is 2.33. The first-order valence-corrected chi connectivity index (χ1v) is 5.96. The number of hydrogen-bond donors (Lipinski definition) is 1. The molecule has 0 aliphatic heterocycles. The molecule has 20 heavy (non-hydrogen) atoms. The number of para-hydroxylation sites is 1. The molecule has 0 amide bonds. The SMILES string of the molecule is O=C(O)/C(=C/COc1ccccc1)Oc1ccccn1. The van der Waals surface area contributed by atoms with Crippen molar-refractivity contribution >= 4 is 5.97 Å². The van der Waals surface area contributed by atoms with Gasteiger partial charge in [-0.1, -0.05) is 24.3 Å². The quantitative estimate of drug-likeness (QED) is 0.645. The molecular weight excluding hydrogens is 258 g/mol. The Balaban J connectivity index is 1.98. The first-order valence-electron chi connectivity index (χ1n) is 5.96. The summed E-state index contributed by atoms with van der Waals surface area (Å²) in [4.78, 5) is 15.0. The number of rotatable bonds is 6. The largest absolute Gasteiger partial charge is 0.489 e. The second kappa shape index (κ2) is 6.94. The topological polar surface area (TPSA) is 68.7 Å². The average Bonchev–Trinajstić information content (AvgIpc) is 2.48. The number of aliphatic carboxylic acids is 1. The predicted molar refractivity (Wildman–Crippen MR) is 72.5 cm³/mol. The molecule has 0 bridgehead atoms. The Kier molecular flexibility index (Phi) is 4.72. The van der Waals surface area contributed by atoms with E-state index in [4.69, 9.17) is 14.6 Å². The van der Waals surface area contributed by atoms with Crippen LogP contribution in [0.5, 0.6) is 11.6 Å². The minimum absolute atomic E-state index is 0.0957. The lowest BCUT2D eigenvalue weighted by Crippen LogP contribution is -2.10. The molecule has 0 aliphatic rings. The summed E-state index contributed by atoms with van der Waals surface area (Å²) in [6, 6.07) is 14.1. The van der Waals surface area contributed by atoms with Gasteiger partial charge in [0.2, 0.25) is 11.6 Å². The standard InChI is InChI=1S/C15H13NO4/c17-15(18)13(20-14-8-4-5-10-16-14)9-11-19-12-6-2-1-3-7-12/h1-10H,11H2,(H,17,18)/b13-9-. The van der Waals surface area contributed by atoms with Crippen LogP contribution in [0.2, 0.25) is 0 Å². The number of ether oxygens (including phenoxy) is 2. The summed E-state index contributed by atoms with van der Waals surface area (Å²) in [6.07, 6.45) is 2.87. The fourth-order valence-corrected chi connectivity index (χ4v) is 1.42. The summed E-state index contributed by atoms with van der Waals surface area (Å²) < 4.78 is 10.6. The van der Waals surface area contributed by atoms with Crippen molar-refractivity contribution in [1.29, 1.82) is 0 Å². The van der Waals surface area contributed by atoms with Gasteiger partial charge < -0.3 is 14.6 Å². The first kappa shape index (κ1) is 13.6. The van der Waals surface area contributed by atoms with Crippen molar-refractivity contribution in [1.82, 2.24) is 4.98 Å². The van der Waals surface area contributed by atoms with Gasteiger partial charge in [0.05, 0.1) is 0 Å². The van der Waals surface area contributed by atoms with E-state index in [0.29, 0.717) is 5.75 Å². The van der Waals surface area contributed by atoms with E-state index >= 15 is 0 Å². The van der Waals surface area contributed by atoms with Crippen LogP contribution in [0.4, 0.5) is 0 Å². The molecule has 0 unspecified atom stereocenters. The number of nitrogens with zero attached hydrogens (tertiary/aromatic N) is 1. The van der Waals surface area contributed by atoms with Gasteiger partial charge >= 0.3 is 5.97 Å². The summed E-state index contributed by atoms with van der Waals surface area (Å²) in [7, 11) is 0. The molecule has 1 aromatic heterocycles. The zero-order valence-corrected chi connectivity index (χ0v) is 10.6. The lowest BCUT2D eigenvalue weighted by molar-refractivity contribution is -0.135. The van der Waals surface area contributed by atoms with Gasteiger partial charge in [0.1, 0.15) is 12.4 Å². The first-order chi connectivity index (χ1) is 9.75. The average molecular weight is 271 g/mol. The number of carbonyl (C=O) groups is 1. The van der Waals surface area contributed by atoms with Gasteiger partial charge in [-0.2, -0.15) is 0 Å². The second-order valence-electron chi connectivity index (χ2n) is 3.77. The lowest BCUT2D eigenvalue weighted by Gasteiger charge is -2.06. The van der Waals surface area contributed by atoms with Crippen molar-refractivity contribution < 1.29 is 19.4 Å². The van der Waals surface area contributed by atoms with Gasteiger partial charge in [0.15, 0.2) is 0 Å². The molecule has 0 saturated heterocycles. The number of pyridine rings is 1. The van der Waals surface area contributed by atoms with Crippen LogP contribution in [0.25, 0.3) is 0 Å². The summed E-state index contributed by atoms with van der Waals surface area (Å²) in [5.41, 5.74) is 0. The summed E-state index contributed by atoms with van der Waals surface area (Å²) in [5.74, 6) is -0.515. The fraction of sp³-hybridized carbons (Fsp3) is 0.0667. The van der Waals surface area contributed by atoms with Gasteiger partial charge in [0.25, 0.3) is 0 Å². The predicted octanol–water partition coefficient (Wildman–Crippen LogP) is 2.51. The van der Waals surface area contributed by atoms with Crippen LogP contribution >= 0.6 is 0 Å². The third kappa shape index (κ3) is 4.13. The van der Waals surface area contributed by atoms with Crippen LogP contribution in [0.3, 0.4) is 0 Å². The van der Waals surface area contributed by atoms with Crippen molar-refractivity contribution in [3.05, 3.63) is 66.6 Å². The monoisotopic (exact) mass is 271 g/mol. The number of hydrogen-bond acceptors (Lipinski definition) is 4. The maximum Gasteiger partial charge on any atom is 0.371 e. The van der Waals surface area contributed by atoms with E-state index in [1.807, 2.05) is 18.2 Å². The molecular formula is C15H13NO4. The highest BCUT2D eigenvalue weighted by atomic mass is 16.5. The van der Waals surface area contributed by atoms with Gasteiger partial charge in [-0.25, -0.2) is 9.78 Å². The van der Waals surface area contributed by atoms with E-state index in [2.05, 4.69) is 4.98 Å². The molecule has 0 aliphatic carbocycles. The highest BCUT2D eigenvalue weighted by Gasteiger charge is 2.10. The van der Waals surface area contributed by atoms with Gasteiger partial charge in [0, 0.05) is 18.3 Å². The van der Waals surface area contributed by atoms with Crippen LogP contribution < -0.4 is 9.47 Å². The number of carboxylic acids is 1. The van der Waals surface area contributed by atoms with Crippen LogP contribution in [0.15, 0.2) is 66.6 Å². The Labute approximate surface area is 116 Å². The summed E-state index contributed by atoms with van der Waals surface area (Å²) >= 11 is 0. The highest BCUT2D eigenvalue weighted by molar-refractivity contribution is 5.84. The van der Waals surface area contributed by atoms with E-state index in [1.54, 1.807) is 30.3 Å². The van der Waals surface area contributed by atoms with E-state index in [0.717, 1.165) is 0 Å². The highest BCUT2D eigenvalue weighted by Crippen LogP contribution is 2.11. The van der Waals surface area contributed by atoms with Crippen molar-refractivity contribution in [2.24, 2.45) is 0 Å². The molecule has 5 heteroatoms. The number of carboxylic acid groups (broad SMARTS) is 1. The summed E-state index contributed by atoms with van der Waals surface area (Å²) in [5, 5.41) is 9.06. The number of benzene rings is 1. The van der Waals surface area contributed by atoms with Gasteiger partial charge in [-0.05, 0) is 18.2 Å². The van der Waals surface area contributed by atoms with Crippen LogP contribution in [-0.4, -0.2) is 22.7 Å². The molecule has 0 fully saturated rings. The van der Waals surface area contributed by atoms with Crippen LogP contribution in [-0.2, 0) is 4.79 Å². The van der Waals surface area contributed by atoms with E-state index in [-0.39, 0.29) is 18.2 Å². The molecule has 0 atom stereocenters. The van der Waals surface area contributed by atoms with E-state index in [9.17, 15) is 4.79 Å². The minimum atomic E-state index is -1.17. The molecule has 5 nitrogen and oxygen atoms in total. The normalized spacial score (nSPS) is 10.9. The van der Waals surface area contributed by atoms with Crippen molar-refractivity contribution in [2.75, 3.05) is 6.61 Å². The molecule has 2 rings (SSSR count). The third-order valence-electron chi connectivity index (χ3n) is 2.33. The Hall–Kier alpha value is -2.82. The Bertz CT molecular complexity index is 581. The Morgan fingerprint density at radius 3 is 2.55 bits per heavy atom. The lowest BCUT2D eigenvalue weighted by atomic mass is 10.3. The maximum atomic E-state index is 11.1. The molecule has 102 valence electrons. The molecule has 2 aromatic rings. The molecule has 0 spiro atoms. The van der Waals surface area contributed by atoms with Crippen molar-refractivity contribution in [3.8, 4) is 11.6 Å². The van der Waals surface area contributed by atoms with E-state index < -0.39 is 5.97 Å². The molecule has 0 saturated carbocycles. The molecule has 0 radical (unpaired) electrons. The van der Waals surface area contributed by atoms with Crippen molar-refractivity contribution in [2.45, 2.75) is 0 Å². The van der Waals surface area contributed by atoms with E-state index in [1.165, 1.54) is 12.3 Å². The van der Waals surface area contributed by atoms with Crippen LogP contribution in [0, 0.1) is 0 Å². The van der Waals surface area contributed by atoms with Gasteiger partial charge in [-0.15, -0.1) is 0 Å². The number of aromatic nitrogens is 1. The fourth-order valence-electron chi connectivity index (χ4n) is 1.42. The van der Waals surface area contributed by atoms with Gasteiger partial charge in [-0.3, -0.25) is 0 Å². The molecule has 1 aromatic carbocycles. The molecule has 1 heterocycles. The maximum absolute atomic E-state index is 11.1. The Morgan fingerprint density at radius 2 is 1.90 bits per heavy atom. The van der Waals surface area contributed by atoms with Crippen LogP contribution in [0.1, 0.15) is 0 Å². The zero-order chi connectivity index (χ0) is 14.2. The Morgan fingerprint density at radius 1 is 1.15 bits per heavy atom. The second-order valence-corrected chi connectivity index (χ2v) is 3.77. The summed E-state index contributed by atoms with van der Waals surface area (Å²) in [6.45, 7) is 0.0957. The zero-order valence-electron chi connectivity index (χ0n) is 10.6.